The molecule has 5 heteroatoms. The van der Waals surface area contributed by atoms with Crippen LogP contribution in [0.4, 0.5) is 0 Å². The molecule has 0 atom stereocenters. The van der Waals surface area contributed by atoms with Gasteiger partial charge in [0.25, 0.3) is 0 Å². The second-order valence-electron chi connectivity index (χ2n) is 3.76. The number of ether oxygens (including phenoxy) is 1. The minimum atomic E-state index is -1.05. The van der Waals surface area contributed by atoms with E-state index in [2.05, 4.69) is 0 Å². The second kappa shape index (κ2) is 7.06. The minimum Gasteiger partial charge on any atom is -0.550 e. The number of carbonyl (C=O) groups is 2. The van der Waals surface area contributed by atoms with Crippen molar-refractivity contribution in [2.24, 2.45) is 0 Å². The van der Waals surface area contributed by atoms with Gasteiger partial charge in [-0.15, -0.1) is 0 Å². The Bertz CT molecular complexity index is 443. The summed E-state index contributed by atoms with van der Waals surface area (Å²) in [6.07, 6.45) is 0.0272. The molecule has 98 valence electrons. The maximum atomic E-state index is 11.3. The van der Waals surface area contributed by atoms with E-state index >= 15 is 0 Å². The van der Waals surface area contributed by atoms with E-state index in [0.717, 1.165) is 5.56 Å². The summed E-state index contributed by atoms with van der Waals surface area (Å²) in [5, 5.41) is 10.3. The van der Waals surface area contributed by atoms with Gasteiger partial charge in [-0.2, -0.15) is 11.8 Å². The van der Waals surface area contributed by atoms with Gasteiger partial charge in [0.15, 0.2) is 5.78 Å². The van der Waals surface area contributed by atoms with Crippen molar-refractivity contribution in [3.8, 4) is 5.75 Å². The molecule has 0 radical (unpaired) electrons. The number of carboxylic acid groups (broad SMARTS) is 1. The highest BCUT2D eigenvalue weighted by molar-refractivity contribution is 7.98. The van der Waals surface area contributed by atoms with Crippen molar-refractivity contribution in [1.82, 2.24) is 0 Å². The molecule has 0 bridgehead atoms. The van der Waals surface area contributed by atoms with E-state index in [-0.39, 0.29) is 12.2 Å². The molecule has 0 aliphatic carbocycles. The largest absolute Gasteiger partial charge is 0.550 e. The molecule has 0 unspecified atom stereocenters. The fourth-order valence-corrected chi connectivity index (χ4v) is 2.35. The predicted molar refractivity (Wildman–Crippen MR) is 68.8 cm³/mol. The lowest BCUT2D eigenvalue weighted by Gasteiger charge is -2.10. The van der Waals surface area contributed by atoms with Crippen LogP contribution in [0.25, 0.3) is 0 Å². The minimum absolute atomic E-state index is 0.00126. The Labute approximate surface area is 110 Å². The molecule has 0 N–H and O–H groups in total. The van der Waals surface area contributed by atoms with E-state index in [0.29, 0.717) is 22.8 Å². The molecular formula is C13H15O4S-. The summed E-state index contributed by atoms with van der Waals surface area (Å²) >= 11 is 1.47. The van der Waals surface area contributed by atoms with Crippen LogP contribution in [0.1, 0.15) is 29.3 Å². The Morgan fingerprint density at radius 1 is 1.39 bits per heavy atom. The van der Waals surface area contributed by atoms with Gasteiger partial charge in [-0.05, 0) is 37.3 Å². The summed E-state index contributed by atoms with van der Waals surface area (Å²) in [6.45, 7) is 1.51. The average Bonchev–Trinajstić information content (AvgIpc) is 2.34. The molecule has 4 nitrogen and oxygen atoms in total. The number of benzene rings is 1. The molecular weight excluding hydrogens is 252 g/mol. The molecule has 0 spiro atoms. The number of thioether (sulfide) groups is 1. The highest BCUT2D eigenvalue weighted by Gasteiger charge is 2.07. The van der Waals surface area contributed by atoms with Crippen LogP contribution in [0.2, 0.25) is 0 Å². The number of Topliss-reactive ketones (excluding diaryl/α,β-unsaturated/α-hetero) is 1. The predicted octanol–water partition coefficient (Wildman–Crippen LogP) is 1.27. The Hall–Kier alpha value is -1.49. The highest BCUT2D eigenvalue weighted by atomic mass is 32.2. The van der Waals surface area contributed by atoms with E-state index in [4.69, 9.17) is 4.74 Å². The summed E-state index contributed by atoms with van der Waals surface area (Å²) < 4.78 is 5.20. The Morgan fingerprint density at radius 2 is 2.11 bits per heavy atom. The van der Waals surface area contributed by atoms with Gasteiger partial charge < -0.3 is 14.6 Å². The topological polar surface area (TPSA) is 66.4 Å². The quantitative estimate of drug-likeness (QED) is 0.550. The van der Waals surface area contributed by atoms with Gasteiger partial charge in [0.1, 0.15) is 5.75 Å². The number of hydrogen-bond acceptors (Lipinski definition) is 5. The first-order valence-electron chi connectivity index (χ1n) is 5.50. The van der Waals surface area contributed by atoms with Crippen molar-refractivity contribution < 1.29 is 19.4 Å². The lowest BCUT2D eigenvalue weighted by atomic mass is 10.1. The summed E-state index contributed by atoms with van der Waals surface area (Å²) in [6, 6.07) is 5.26. The van der Waals surface area contributed by atoms with Gasteiger partial charge in [0, 0.05) is 22.8 Å². The van der Waals surface area contributed by atoms with Crippen LogP contribution in [0, 0.1) is 0 Å². The van der Waals surface area contributed by atoms with E-state index in [9.17, 15) is 14.7 Å². The molecule has 0 heterocycles. The van der Waals surface area contributed by atoms with Crippen molar-refractivity contribution in [1.29, 1.82) is 0 Å². The lowest BCUT2D eigenvalue weighted by molar-refractivity contribution is -0.305. The van der Waals surface area contributed by atoms with Gasteiger partial charge in [-0.3, -0.25) is 4.79 Å². The number of aliphatic carboxylic acids is 1. The molecule has 0 saturated heterocycles. The fraction of sp³-hybridized carbons (Fsp3) is 0.385. The molecule has 0 aliphatic rings. The zero-order valence-corrected chi connectivity index (χ0v) is 11.2. The molecule has 0 saturated carbocycles. The molecule has 1 aromatic rings. The van der Waals surface area contributed by atoms with Gasteiger partial charge in [0.05, 0.1) is 7.11 Å². The average molecular weight is 267 g/mol. The number of hydrogen-bond donors (Lipinski definition) is 0. The SMILES string of the molecule is COc1ccc(C(C)=O)cc1CSCCC(=O)[O-]. The van der Waals surface area contributed by atoms with Gasteiger partial charge in [-0.1, -0.05) is 0 Å². The van der Waals surface area contributed by atoms with Crippen LogP contribution < -0.4 is 9.84 Å². The first-order valence-corrected chi connectivity index (χ1v) is 6.65. The van der Waals surface area contributed by atoms with Crippen LogP contribution in [0.15, 0.2) is 18.2 Å². The van der Waals surface area contributed by atoms with Crippen molar-refractivity contribution in [2.45, 2.75) is 19.1 Å². The second-order valence-corrected chi connectivity index (χ2v) is 4.86. The monoisotopic (exact) mass is 267 g/mol. The van der Waals surface area contributed by atoms with Gasteiger partial charge >= 0.3 is 0 Å². The van der Waals surface area contributed by atoms with Crippen LogP contribution >= 0.6 is 11.8 Å². The number of rotatable bonds is 7. The summed E-state index contributed by atoms with van der Waals surface area (Å²) in [7, 11) is 1.57. The normalized spacial score (nSPS) is 10.1. The third-order valence-corrected chi connectivity index (χ3v) is 3.40. The molecule has 0 amide bonds. The van der Waals surface area contributed by atoms with Gasteiger partial charge in [0.2, 0.25) is 0 Å². The Morgan fingerprint density at radius 3 is 2.67 bits per heavy atom. The molecule has 1 aromatic carbocycles. The van der Waals surface area contributed by atoms with Crippen molar-refractivity contribution in [2.75, 3.05) is 12.9 Å². The Balaban J connectivity index is 2.69. The van der Waals surface area contributed by atoms with E-state index in [1.807, 2.05) is 0 Å². The van der Waals surface area contributed by atoms with Crippen molar-refractivity contribution in [3.05, 3.63) is 29.3 Å². The number of carbonyl (C=O) groups excluding carboxylic acids is 2. The molecule has 0 fully saturated rings. The summed E-state index contributed by atoms with van der Waals surface area (Å²) in [5.41, 5.74) is 1.53. The van der Waals surface area contributed by atoms with Crippen LogP contribution in [0.3, 0.4) is 0 Å². The van der Waals surface area contributed by atoms with E-state index < -0.39 is 5.97 Å². The fourth-order valence-electron chi connectivity index (χ4n) is 1.45. The Kier molecular flexibility index (Phi) is 5.71. The van der Waals surface area contributed by atoms with Crippen LogP contribution in [0.5, 0.6) is 5.75 Å². The number of methoxy groups -OCH3 is 1. The van der Waals surface area contributed by atoms with E-state index in [1.165, 1.54) is 18.7 Å². The summed E-state index contributed by atoms with van der Waals surface area (Å²) in [5.74, 6) is 0.749. The lowest BCUT2D eigenvalue weighted by Crippen LogP contribution is -2.22. The first-order chi connectivity index (χ1) is 8.54. The third kappa shape index (κ3) is 4.41. The van der Waals surface area contributed by atoms with Crippen molar-refractivity contribution >= 4 is 23.5 Å². The zero-order chi connectivity index (χ0) is 13.5. The standard InChI is InChI=1S/C13H16O4S/c1-9(14)10-3-4-12(17-2)11(7-10)8-18-6-5-13(15)16/h3-4,7H,5-6,8H2,1-2H3,(H,15,16)/p-1. The summed E-state index contributed by atoms with van der Waals surface area (Å²) in [4.78, 5) is 21.6. The van der Waals surface area contributed by atoms with Gasteiger partial charge in [-0.25, -0.2) is 0 Å². The maximum Gasteiger partial charge on any atom is 0.159 e. The number of ketones is 1. The maximum absolute atomic E-state index is 11.3. The van der Waals surface area contributed by atoms with Crippen molar-refractivity contribution in [3.63, 3.8) is 0 Å². The third-order valence-electron chi connectivity index (χ3n) is 2.40. The molecule has 0 aliphatic heterocycles. The van der Waals surface area contributed by atoms with Crippen LogP contribution in [-0.4, -0.2) is 24.6 Å². The highest BCUT2D eigenvalue weighted by Crippen LogP contribution is 2.25. The first kappa shape index (κ1) is 14.6. The molecule has 0 aromatic heterocycles. The zero-order valence-electron chi connectivity index (χ0n) is 10.4. The smallest absolute Gasteiger partial charge is 0.159 e. The van der Waals surface area contributed by atoms with E-state index in [1.54, 1.807) is 25.3 Å². The van der Waals surface area contributed by atoms with Crippen LogP contribution in [-0.2, 0) is 10.5 Å². The number of carboxylic acids is 1. The molecule has 18 heavy (non-hydrogen) atoms. The molecule has 1 rings (SSSR count).